The highest BCUT2D eigenvalue weighted by molar-refractivity contribution is 7.15. The first-order chi connectivity index (χ1) is 10.4. The fraction of sp³-hybridized carbons (Fsp3) is 0.200. The first-order valence-electron chi connectivity index (χ1n) is 6.56. The maximum Gasteiger partial charge on any atom is 0.435 e. The molecule has 0 bridgehead atoms. The van der Waals surface area contributed by atoms with Gasteiger partial charge in [0, 0.05) is 16.6 Å². The highest BCUT2D eigenvalue weighted by atomic mass is 32.1. The van der Waals surface area contributed by atoms with Crippen LogP contribution >= 0.6 is 11.3 Å². The van der Waals surface area contributed by atoms with Gasteiger partial charge in [0.1, 0.15) is 5.01 Å². The van der Waals surface area contributed by atoms with E-state index in [1.165, 1.54) is 22.2 Å². The summed E-state index contributed by atoms with van der Waals surface area (Å²) in [6.45, 7) is 2.14. The minimum atomic E-state index is -4.41. The lowest BCUT2D eigenvalue weighted by atomic mass is 10.2. The number of alkyl halides is 3. The predicted octanol–water partition coefficient (Wildman–Crippen LogP) is 4.38. The van der Waals surface area contributed by atoms with Crippen molar-refractivity contribution >= 4 is 11.3 Å². The molecule has 22 heavy (non-hydrogen) atoms. The molecule has 0 N–H and O–H groups in total. The fourth-order valence-electron chi connectivity index (χ4n) is 2.03. The Morgan fingerprint density at radius 3 is 2.50 bits per heavy atom. The van der Waals surface area contributed by atoms with E-state index in [0.29, 0.717) is 0 Å². The van der Waals surface area contributed by atoms with Crippen molar-refractivity contribution in [3.05, 3.63) is 58.9 Å². The van der Waals surface area contributed by atoms with Gasteiger partial charge in [-0.2, -0.15) is 18.3 Å². The summed E-state index contributed by atoms with van der Waals surface area (Å²) in [6.07, 6.45) is -3.08. The second-order valence-electron chi connectivity index (χ2n) is 4.79. The number of rotatable bonds is 3. The maximum absolute atomic E-state index is 12.6. The Hall–Kier alpha value is -2.15. The van der Waals surface area contributed by atoms with E-state index in [9.17, 15) is 13.2 Å². The van der Waals surface area contributed by atoms with E-state index >= 15 is 0 Å². The molecule has 2 aromatic heterocycles. The van der Waals surface area contributed by atoms with Crippen molar-refractivity contribution in [1.29, 1.82) is 0 Å². The lowest BCUT2D eigenvalue weighted by Gasteiger charge is -2.02. The number of nitrogens with zero attached hydrogens (tertiary/aromatic N) is 3. The van der Waals surface area contributed by atoms with Crippen molar-refractivity contribution < 1.29 is 13.2 Å². The van der Waals surface area contributed by atoms with E-state index in [1.54, 1.807) is 0 Å². The second kappa shape index (κ2) is 5.57. The summed E-state index contributed by atoms with van der Waals surface area (Å²) in [7, 11) is 0. The van der Waals surface area contributed by atoms with Gasteiger partial charge in [0.25, 0.3) is 0 Å². The van der Waals surface area contributed by atoms with Gasteiger partial charge in [0.2, 0.25) is 0 Å². The summed E-state index contributed by atoms with van der Waals surface area (Å²) in [5.74, 6) is 0. The van der Waals surface area contributed by atoms with Crippen LogP contribution in [0.2, 0.25) is 0 Å². The van der Waals surface area contributed by atoms with Gasteiger partial charge in [-0.25, -0.2) is 4.98 Å². The first-order valence-corrected chi connectivity index (χ1v) is 7.37. The van der Waals surface area contributed by atoms with Crippen LogP contribution in [-0.4, -0.2) is 14.8 Å². The zero-order chi connectivity index (χ0) is 15.7. The topological polar surface area (TPSA) is 30.7 Å². The Morgan fingerprint density at radius 1 is 1.14 bits per heavy atom. The lowest BCUT2D eigenvalue weighted by molar-refractivity contribution is -0.141. The lowest BCUT2D eigenvalue weighted by Crippen LogP contribution is -2.08. The van der Waals surface area contributed by atoms with Crippen LogP contribution in [0, 0.1) is 6.92 Å². The van der Waals surface area contributed by atoms with E-state index in [4.69, 9.17) is 0 Å². The molecule has 0 aliphatic heterocycles. The number of aryl methyl sites for hydroxylation is 1. The Balaban J connectivity index is 1.84. The molecule has 0 radical (unpaired) electrons. The van der Waals surface area contributed by atoms with Gasteiger partial charge < -0.3 is 0 Å². The van der Waals surface area contributed by atoms with Crippen LogP contribution in [0.5, 0.6) is 0 Å². The summed E-state index contributed by atoms with van der Waals surface area (Å²) in [6, 6.07) is 10.7. The smallest absolute Gasteiger partial charge is 0.267 e. The number of hydrogen-bond acceptors (Lipinski definition) is 3. The second-order valence-corrected chi connectivity index (χ2v) is 5.87. The van der Waals surface area contributed by atoms with Crippen molar-refractivity contribution in [2.75, 3.05) is 0 Å². The van der Waals surface area contributed by atoms with Crippen LogP contribution in [0.25, 0.3) is 10.6 Å². The average Bonchev–Trinajstić information content (AvgIpc) is 3.08. The number of thiazole rings is 1. The highest BCUT2D eigenvalue weighted by Gasteiger charge is 2.33. The molecule has 0 amide bonds. The Bertz CT molecular complexity index is 775. The predicted molar refractivity (Wildman–Crippen MR) is 78.6 cm³/mol. The molecule has 3 nitrogen and oxygen atoms in total. The van der Waals surface area contributed by atoms with Crippen molar-refractivity contribution in [1.82, 2.24) is 14.8 Å². The third kappa shape index (κ3) is 3.04. The molecule has 114 valence electrons. The Labute approximate surface area is 129 Å². The van der Waals surface area contributed by atoms with Gasteiger partial charge in [0.05, 0.1) is 12.2 Å². The SMILES string of the molecule is Cc1nc(-c2ccccc2)sc1Cn1ccc(C(F)(F)F)n1. The normalized spacial score (nSPS) is 11.8. The molecule has 1 aromatic carbocycles. The zero-order valence-electron chi connectivity index (χ0n) is 11.6. The Morgan fingerprint density at radius 2 is 1.86 bits per heavy atom. The minimum Gasteiger partial charge on any atom is -0.267 e. The monoisotopic (exact) mass is 323 g/mol. The van der Waals surface area contributed by atoms with E-state index in [1.807, 2.05) is 37.3 Å². The molecule has 2 heterocycles. The molecule has 3 aromatic rings. The van der Waals surface area contributed by atoms with Crippen LogP contribution in [0.4, 0.5) is 13.2 Å². The van der Waals surface area contributed by atoms with Crippen molar-refractivity contribution in [3.63, 3.8) is 0 Å². The molecule has 0 saturated heterocycles. The molecular weight excluding hydrogens is 311 g/mol. The minimum absolute atomic E-state index is 0.284. The third-order valence-electron chi connectivity index (χ3n) is 3.15. The van der Waals surface area contributed by atoms with E-state index in [-0.39, 0.29) is 6.54 Å². The van der Waals surface area contributed by atoms with Crippen molar-refractivity contribution in [2.45, 2.75) is 19.6 Å². The van der Waals surface area contributed by atoms with Crippen LogP contribution in [0.15, 0.2) is 42.6 Å². The number of halogens is 3. The molecule has 3 rings (SSSR count). The molecule has 0 spiro atoms. The molecule has 0 atom stereocenters. The van der Waals surface area contributed by atoms with Gasteiger partial charge >= 0.3 is 6.18 Å². The molecule has 0 unspecified atom stereocenters. The summed E-state index contributed by atoms with van der Waals surface area (Å²) in [5.41, 5.74) is 0.934. The number of aromatic nitrogens is 3. The molecule has 0 aliphatic carbocycles. The third-order valence-corrected chi connectivity index (χ3v) is 4.34. The van der Waals surface area contributed by atoms with Gasteiger partial charge in [0.15, 0.2) is 5.69 Å². The summed E-state index contributed by atoms with van der Waals surface area (Å²) in [4.78, 5) is 5.39. The Kier molecular flexibility index (Phi) is 3.74. The van der Waals surface area contributed by atoms with Crippen molar-refractivity contribution in [3.8, 4) is 10.6 Å². The molecular formula is C15H12F3N3S. The maximum atomic E-state index is 12.6. The quantitative estimate of drug-likeness (QED) is 0.716. The molecule has 0 fully saturated rings. The van der Waals surface area contributed by atoms with Gasteiger partial charge in [-0.1, -0.05) is 30.3 Å². The molecule has 0 aliphatic rings. The van der Waals surface area contributed by atoms with Crippen molar-refractivity contribution in [2.24, 2.45) is 0 Å². The molecule has 7 heteroatoms. The van der Waals surface area contributed by atoms with Gasteiger partial charge in [-0.15, -0.1) is 11.3 Å². The van der Waals surface area contributed by atoms with Gasteiger partial charge in [-0.3, -0.25) is 4.68 Å². The first kappa shape index (κ1) is 14.8. The van der Waals surface area contributed by atoms with Crippen LogP contribution in [0.1, 0.15) is 16.3 Å². The fourth-order valence-corrected chi connectivity index (χ4v) is 3.09. The van der Waals surface area contributed by atoms with Gasteiger partial charge in [-0.05, 0) is 13.0 Å². The van der Waals surface area contributed by atoms with E-state index < -0.39 is 11.9 Å². The highest BCUT2D eigenvalue weighted by Crippen LogP contribution is 2.30. The van der Waals surface area contributed by atoms with Crippen LogP contribution in [0.3, 0.4) is 0 Å². The zero-order valence-corrected chi connectivity index (χ0v) is 12.4. The largest absolute Gasteiger partial charge is 0.435 e. The van der Waals surface area contributed by atoms with Crippen LogP contribution in [-0.2, 0) is 12.7 Å². The number of hydrogen-bond donors (Lipinski definition) is 0. The summed E-state index contributed by atoms with van der Waals surface area (Å²) in [5, 5.41) is 4.43. The van der Waals surface area contributed by atoms with E-state index in [2.05, 4.69) is 10.1 Å². The summed E-state index contributed by atoms with van der Waals surface area (Å²) >= 11 is 1.47. The van der Waals surface area contributed by atoms with E-state index in [0.717, 1.165) is 27.2 Å². The summed E-state index contributed by atoms with van der Waals surface area (Å²) < 4.78 is 39.0. The molecule has 0 saturated carbocycles. The average molecular weight is 323 g/mol. The standard InChI is InChI=1S/C15H12F3N3S/c1-10-12(9-21-8-7-13(20-21)15(16,17)18)22-14(19-10)11-5-3-2-4-6-11/h2-8H,9H2,1H3. The number of benzene rings is 1. The van der Waals surface area contributed by atoms with Crippen LogP contribution < -0.4 is 0 Å².